The smallest absolute Gasteiger partial charge is 0.328 e. The Hall–Kier alpha value is -2.55. The highest BCUT2D eigenvalue weighted by Crippen LogP contribution is 2.21. The molecule has 0 atom stereocenters. The van der Waals surface area contributed by atoms with Gasteiger partial charge in [0.05, 0.1) is 0 Å². The molecule has 0 heterocycles. The quantitative estimate of drug-likeness (QED) is 0.652. The maximum Gasteiger partial charge on any atom is 0.328 e. The Bertz CT molecular complexity index is 610. The minimum absolute atomic E-state index is 0.914. The Balaban J connectivity index is 0.000000221. The number of hydrogen-bond donors (Lipinski definition) is 2. The lowest BCUT2D eigenvalue weighted by Gasteiger charge is -2.04. The van der Waals surface area contributed by atoms with E-state index >= 15 is 0 Å². The van der Waals surface area contributed by atoms with Gasteiger partial charge in [0, 0.05) is 24.2 Å². The Morgan fingerprint density at radius 3 is 2.45 bits per heavy atom. The van der Waals surface area contributed by atoms with E-state index in [4.69, 9.17) is 5.11 Å². The first-order chi connectivity index (χ1) is 9.69. The molecule has 0 saturated heterocycles. The van der Waals surface area contributed by atoms with E-state index in [-0.39, 0.29) is 0 Å². The molecule has 2 aromatic carbocycles. The largest absolute Gasteiger partial charge is 0.478 e. The first kappa shape index (κ1) is 15.5. The number of rotatable bonds is 3. The fraction of sp³-hybridized carbons (Fsp3) is 0.118. The molecule has 0 amide bonds. The van der Waals surface area contributed by atoms with Gasteiger partial charge in [0.2, 0.25) is 0 Å². The van der Waals surface area contributed by atoms with Crippen molar-refractivity contribution in [2.24, 2.45) is 0 Å². The van der Waals surface area contributed by atoms with Crippen molar-refractivity contribution in [1.29, 1.82) is 0 Å². The Labute approximate surface area is 119 Å². The summed E-state index contributed by atoms with van der Waals surface area (Å²) in [6.45, 7) is 1.83. The van der Waals surface area contributed by atoms with Gasteiger partial charge in [-0.2, -0.15) is 0 Å². The van der Waals surface area contributed by atoms with E-state index in [0.717, 1.165) is 6.08 Å². The van der Waals surface area contributed by atoms with Crippen molar-refractivity contribution in [1.82, 2.24) is 0 Å². The minimum Gasteiger partial charge on any atom is -0.478 e. The lowest BCUT2D eigenvalue weighted by Crippen LogP contribution is -1.88. The number of nitrogens with one attached hydrogen (secondary N) is 1. The van der Waals surface area contributed by atoms with Crippen molar-refractivity contribution in [2.45, 2.75) is 6.92 Å². The first-order valence-corrected chi connectivity index (χ1v) is 6.37. The molecule has 0 saturated carbocycles. The summed E-state index contributed by atoms with van der Waals surface area (Å²) in [5, 5.41) is 13.8. The number of aliphatic carboxylic acids is 1. The average Bonchev–Trinajstić information content (AvgIpc) is 2.47. The highest BCUT2D eigenvalue weighted by molar-refractivity contribution is 5.93. The summed E-state index contributed by atoms with van der Waals surface area (Å²) >= 11 is 0. The van der Waals surface area contributed by atoms with Crippen LogP contribution in [0.4, 0.5) is 5.69 Å². The number of hydrogen-bond acceptors (Lipinski definition) is 2. The Morgan fingerprint density at radius 2 is 1.80 bits per heavy atom. The van der Waals surface area contributed by atoms with Gasteiger partial charge >= 0.3 is 5.97 Å². The second kappa shape index (κ2) is 8.53. The molecule has 0 unspecified atom stereocenters. The predicted molar refractivity (Wildman–Crippen MR) is 85.1 cm³/mol. The van der Waals surface area contributed by atoms with E-state index in [1.54, 1.807) is 12.2 Å². The topological polar surface area (TPSA) is 49.3 Å². The van der Waals surface area contributed by atoms with Crippen LogP contribution in [0.1, 0.15) is 6.92 Å². The van der Waals surface area contributed by atoms with Gasteiger partial charge in [0.1, 0.15) is 0 Å². The second-order valence-electron chi connectivity index (χ2n) is 4.00. The van der Waals surface area contributed by atoms with Crippen molar-refractivity contribution < 1.29 is 9.90 Å². The number of anilines is 1. The van der Waals surface area contributed by atoms with Crippen molar-refractivity contribution in [3.63, 3.8) is 0 Å². The summed E-state index contributed by atoms with van der Waals surface area (Å²) in [5.74, 6) is -0.914. The molecule has 0 bridgehead atoms. The molecule has 104 valence electrons. The molecular formula is C17H19NO2. The lowest BCUT2D eigenvalue weighted by atomic mass is 10.1. The van der Waals surface area contributed by atoms with Crippen LogP contribution in [0.15, 0.2) is 66.8 Å². The molecule has 3 nitrogen and oxygen atoms in total. The summed E-state index contributed by atoms with van der Waals surface area (Å²) in [5.41, 5.74) is 1.19. The third-order valence-corrected chi connectivity index (χ3v) is 2.60. The maximum absolute atomic E-state index is 9.75. The van der Waals surface area contributed by atoms with Gasteiger partial charge in [-0.05, 0) is 18.4 Å². The average molecular weight is 269 g/mol. The summed E-state index contributed by atoms with van der Waals surface area (Å²) in [6, 6.07) is 14.6. The standard InChI is InChI=1S/C11H11N.C6H8O2/c1-12-11-8-4-6-9-5-2-3-7-10(9)11;1-2-3-4-5-6(7)8/h2-8,12H,1H3;2-5H,1H3,(H,7,8)/b;3-2+,5-4+. The van der Waals surface area contributed by atoms with Crippen LogP contribution in [-0.4, -0.2) is 18.1 Å². The van der Waals surface area contributed by atoms with Crippen LogP contribution in [0.2, 0.25) is 0 Å². The van der Waals surface area contributed by atoms with Crippen molar-refractivity contribution >= 4 is 22.4 Å². The number of carbonyl (C=O) groups is 1. The molecule has 0 radical (unpaired) electrons. The summed E-state index contributed by atoms with van der Waals surface area (Å²) in [6.07, 6.45) is 5.98. The van der Waals surface area contributed by atoms with E-state index in [0.29, 0.717) is 0 Å². The van der Waals surface area contributed by atoms with Crippen LogP contribution in [-0.2, 0) is 4.79 Å². The number of benzene rings is 2. The monoisotopic (exact) mass is 269 g/mol. The summed E-state index contributed by atoms with van der Waals surface area (Å²) < 4.78 is 0. The molecule has 2 aromatic rings. The molecule has 0 fully saturated rings. The molecule has 20 heavy (non-hydrogen) atoms. The van der Waals surface area contributed by atoms with Crippen molar-refractivity contribution in [3.8, 4) is 0 Å². The van der Waals surface area contributed by atoms with Gasteiger partial charge in [0.25, 0.3) is 0 Å². The van der Waals surface area contributed by atoms with Gasteiger partial charge in [0.15, 0.2) is 0 Å². The van der Waals surface area contributed by atoms with Gasteiger partial charge in [-0.15, -0.1) is 0 Å². The molecular weight excluding hydrogens is 250 g/mol. The van der Waals surface area contributed by atoms with Gasteiger partial charge < -0.3 is 10.4 Å². The van der Waals surface area contributed by atoms with Crippen LogP contribution in [0, 0.1) is 0 Å². The molecule has 0 spiro atoms. The van der Waals surface area contributed by atoms with Gasteiger partial charge in [-0.3, -0.25) is 0 Å². The molecule has 0 aliphatic heterocycles. The molecule has 2 N–H and O–H groups in total. The zero-order valence-electron chi connectivity index (χ0n) is 11.7. The highest BCUT2D eigenvalue weighted by atomic mass is 16.4. The normalized spacial score (nSPS) is 10.5. The molecule has 0 aromatic heterocycles. The van der Waals surface area contributed by atoms with Crippen LogP contribution >= 0.6 is 0 Å². The molecule has 2 rings (SSSR count). The van der Waals surface area contributed by atoms with Crippen molar-refractivity contribution in [2.75, 3.05) is 12.4 Å². The number of allylic oxidation sites excluding steroid dienone is 3. The number of carboxylic acid groups (broad SMARTS) is 1. The van der Waals surface area contributed by atoms with Crippen molar-refractivity contribution in [3.05, 3.63) is 66.8 Å². The van der Waals surface area contributed by atoms with E-state index in [1.807, 2.05) is 14.0 Å². The second-order valence-corrected chi connectivity index (χ2v) is 4.00. The first-order valence-electron chi connectivity index (χ1n) is 6.37. The van der Waals surface area contributed by atoms with Crippen LogP contribution in [0.3, 0.4) is 0 Å². The fourth-order valence-electron chi connectivity index (χ4n) is 1.69. The lowest BCUT2D eigenvalue weighted by molar-refractivity contribution is -0.131. The number of fused-ring (bicyclic) bond motifs is 1. The van der Waals surface area contributed by atoms with E-state index < -0.39 is 5.97 Å². The highest BCUT2D eigenvalue weighted by Gasteiger charge is 1.95. The predicted octanol–water partition coefficient (Wildman–Crippen LogP) is 4.08. The van der Waals surface area contributed by atoms with Gasteiger partial charge in [-0.25, -0.2) is 4.79 Å². The third-order valence-electron chi connectivity index (χ3n) is 2.60. The zero-order valence-corrected chi connectivity index (χ0v) is 11.7. The Kier molecular flexibility index (Phi) is 6.62. The summed E-state index contributed by atoms with van der Waals surface area (Å²) in [4.78, 5) is 9.75. The third kappa shape index (κ3) is 4.98. The van der Waals surface area contributed by atoms with Crippen LogP contribution in [0.5, 0.6) is 0 Å². The zero-order chi connectivity index (χ0) is 14.8. The van der Waals surface area contributed by atoms with Gasteiger partial charge in [-0.1, -0.05) is 54.6 Å². The molecule has 3 heteroatoms. The van der Waals surface area contributed by atoms with E-state index in [2.05, 4.69) is 47.8 Å². The van der Waals surface area contributed by atoms with Crippen LogP contribution in [0.25, 0.3) is 10.8 Å². The van der Waals surface area contributed by atoms with E-state index in [1.165, 1.54) is 22.5 Å². The number of carboxylic acids is 1. The maximum atomic E-state index is 9.75. The fourth-order valence-corrected chi connectivity index (χ4v) is 1.69. The van der Waals surface area contributed by atoms with Crippen LogP contribution < -0.4 is 5.32 Å². The SMILES string of the molecule is C/C=C/C=C/C(=O)O.CNc1cccc2ccccc12. The summed E-state index contributed by atoms with van der Waals surface area (Å²) in [7, 11) is 1.95. The minimum atomic E-state index is -0.914. The molecule has 0 aliphatic carbocycles. The molecule has 0 aliphatic rings. The van der Waals surface area contributed by atoms with E-state index in [9.17, 15) is 4.79 Å². The Morgan fingerprint density at radius 1 is 1.10 bits per heavy atom.